The van der Waals surface area contributed by atoms with Gasteiger partial charge in [-0.15, -0.1) is 0 Å². The number of hydrogen-bond acceptors (Lipinski definition) is 1. The van der Waals surface area contributed by atoms with Crippen LogP contribution in [0.3, 0.4) is 0 Å². The second-order valence-corrected chi connectivity index (χ2v) is 4.82. The summed E-state index contributed by atoms with van der Waals surface area (Å²) in [5.41, 5.74) is 0. The quantitative estimate of drug-likeness (QED) is 0.374. The number of aromatic nitrogens is 2. The van der Waals surface area contributed by atoms with E-state index in [9.17, 15) is 0 Å². The lowest BCUT2D eigenvalue weighted by Crippen LogP contribution is -2.36. The van der Waals surface area contributed by atoms with Gasteiger partial charge in [0.15, 0.2) is 0 Å². The summed E-state index contributed by atoms with van der Waals surface area (Å²) in [6.07, 6.45) is 12.1. The van der Waals surface area contributed by atoms with E-state index < -0.39 is 0 Å². The SMILES string of the molecule is C=C(OC)c1n(C)cc[n+]1CCCCCCCC. The van der Waals surface area contributed by atoms with E-state index in [1.807, 2.05) is 7.05 Å². The van der Waals surface area contributed by atoms with Gasteiger partial charge in [0.1, 0.15) is 12.4 Å². The number of methoxy groups -OCH3 is 1. The Morgan fingerprint density at radius 2 is 1.94 bits per heavy atom. The van der Waals surface area contributed by atoms with Crippen molar-refractivity contribution >= 4 is 5.76 Å². The normalized spacial score (nSPS) is 10.6. The van der Waals surface area contributed by atoms with E-state index in [1.165, 1.54) is 38.5 Å². The standard InChI is InChI=1S/C15H27N2O/c1-5-6-7-8-9-10-11-17-13-12-16(3)15(17)14(2)18-4/h12-13H,2,5-11H2,1,3-4H3/q+1. The molecule has 3 heteroatoms. The molecule has 0 fully saturated rings. The molecule has 0 atom stereocenters. The fraction of sp³-hybridized carbons (Fsp3) is 0.667. The van der Waals surface area contributed by atoms with Crippen LogP contribution in [0.25, 0.3) is 5.76 Å². The van der Waals surface area contributed by atoms with E-state index in [4.69, 9.17) is 4.74 Å². The molecule has 0 aliphatic heterocycles. The molecule has 0 N–H and O–H groups in total. The minimum Gasteiger partial charge on any atom is -0.490 e. The lowest BCUT2D eigenvalue weighted by molar-refractivity contribution is -0.699. The number of unbranched alkanes of at least 4 members (excludes halogenated alkanes) is 5. The number of hydrogen-bond donors (Lipinski definition) is 0. The zero-order chi connectivity index (χ0) is 13.4. The van der Waals surface area contributed by atoms with E-state index in [1.54, 1.807) is 7.11 Å². The summed E-state index contributed by atoms with van der Waals surface area (Å²) in [5.74, 6) is 1.79. The molecule has 0 aliphatic rings. The summed E-state index contributed by atoms with van der Waals surface area (Å²) in [7, 11) is 3.70. The maximum absolute atomic E-state index is 5.24. The van der Waals surface area contributed by atoms with Crippen molar-refractivity contribution in [3.05, 3.63) is 24.8 Å². The fourth-order valence-corrected chi connectivity index (χ4v) is 2.22. The molecule has 1 heterocycles. The Morgan fingerprint density at radius 1 is 1.28 bits per heavy atom. The van der Waals surface area contributed by atoms with Gasteiger partial charge in [0.25, 0.3) is 0 Å². The average Bonchev–Trinajstić information content (AvgIpc) is 2.74. The largest absolute Gasteiger partial charge is 0.490 e. The molecule has 18 heavy (non-hydrogen) atoms. The van der Waals surface area contributed by atoms with Crippen LogP contribution in [-0.4, -0.2) is 11.7 Å². The van der Waals surface area contributed by atoms with E-state index in [-0.39, 0.29) is 0 Å². The molecular weight excluding hydrogens is 224 g/mol. The molecule has 0 aromatic carbocycles. The number of ether oxygens (including phenoxy) is 1. The Hall–Kier alpha value is -1.25. The average molecular weight is 251 g/mol. The Bertz CT molecular complexity index is 369. The highest BCUT2D eigenvalue weighted by atomic mass is 16.5. The van der Waals surface area contributed by atoms with Crippen LogP contribution in [0.1, 0.15) is 51.3 Å². The highest BCUT2D eigenvalue weighted by Crippen LogP contribution is 2.09. The van der Waals surface area contributed by atoms with Gasteiger partial charge in [-0.3, -0.25) is 0 Å². The number of rotatable bonds is 9. The summed E-state index contributed by atoms with van der Waals surface area (Å²) in [5, 5.41) is 0. The number of aryl methyl sites for hydroxylation is 2. The van der Waals surface area contributed by atoms with Crippen molar-refractivity contribution < 1.29 is 9.30 Å². The van der Waals surface area contributed by atoms with Gasteiger partial charge < -0.3 is 4.74 Å². The highest BCUT2D eigenvalue weighted by Gasteiger charge is 2.18. The molecule has 3 nitrogen and oxygen atoms in total. The Balaban J connectivity index is 2.40. The monoisotopic (exact) mass is 251 g/mol. The number of nitrogens with zero attached hydrogens (tertiary/aromatic N) is 2. The van der Waals surface area contributed by atoms with Gasteiger partial charge in [-0.25, -0.2) is 9.13 Å². The molecule has 0 saturated carbocycles. The third-order valence-electron chi connectivity index (χ3n) is 3.32. The fourth-order valence-electron chi connectivity index (χ4n) is 2.22. The second-order valence-electron chi connectivity index (χ2n) is 4.82. The zero-order valence-corrected chi connectivity index (χ0v) is 12.1. The van der Waals surface area contributed by atoms with Crippen molar-refractivity contribution in [3.8, 4) is 0 Å². The van der Waals surface area contributed by atoms with E-state index in [2.05, 4.69) is 35.0 Å². The van der Waals surface area contributed by atoms with Gasteiger partial charge in [-0.2, -0.15) is 0 Å². The molecule has 1 aromatic rings. The van der Waals surface area contributed by atoms with E-state index in [0.717, 1.165) is 18.1 Å². The molecule has 0 bridgehead atoms. The summed E-state index contributed by atoms with van der Waals surface area (Å²) in [6.45, 7) is 7.24. The first-order valence-corrected chi connectivity index (χ1v) is 6.98. The van der Waals surface area contributed by atoms with Gasteiger partial charge >= 0.3 is 5.82 Å². The molecule has 1 rings (SSSR count). The van der Waals surface area contributed by atoms with Crippen molar-refractivity contribution in [1.29, 1.82) is 0 Å². The highest BCUT2D eigenvalue weighted by molar-refractivity contribution is 5.47. The van der Waals surface area contributed by atoms with Gasteiger partial charge in [0.05, 0.1) is 20.7 Å². The Morgan fingerprint density at radius 3 is 2.61 bits per heavy atom. The van der Waals surface area contributed by atoms with Crippen molar-refractivity contribution in [3.63, 3.8) is 0 Å². The van der Waals surface area contributed by atoms with Crippen LogP contribution >= 0.6 is 0 Å². The first-order chi connectivity index (χ1) is 8.70. The van der Waals surface area contributed by atoms with Gasteiger partial charge in [-0.1, -0.05) is 32.6 Å². The molecule has 102 valence electrons. The summed E-state index contributed by atoms with van der Waals surface area (Å²) < 4.78 is 9.53. The van der Waals surface area contributed by atoms with Crippen LogP contribution in [0.5, 0.6) is 0 Å². The molecule has 1 aromatic heterocycles. The van der Waals surface area contributed by atoms with Crippen molar-refractivity contribution in [2.75, 3.05) is 7.11 Å². The van der Waals surface area contributed by atoms with Crippen LogP contribution in [0, 0.1) is 0 Å². The van der Waals surface area contributed by atoms with Crippen LogP contribution in [0.2, 0.25) is 0 Å². The molecule has 0 radical (unpaired) electrons. The molecule has 0 amide bonds. The maximum Gasteiger partial charge on any atom is 0.323 e. The minimum atomic E-state index is 0.730. The Labute approximate surface area is 111 Å². The van der Waals surface area contributed by atoms with Crippen molar-refractivity contribution in [1.82, 2.24) is 4.57 Å². The number of imidazole rings is 1. The molecule has 0 saturated heterocycles. The predicted octanol–water partition coefficient (Wildman–Crippen LogP) is 3.29. The van der Waals surface area contributed by atoms with Crippen molar-refractivity contribution in [2.45, 2.75) is 52.0 Å². The smallest absolute Gasteiger partial charge is 0.323 e. The van der Waals surface area contributed by atoms with Crippen LogP contribution in [0.4, 0.5) is 0 Å². The summed E-state index contributed by atoms with van der Waals surface area (Å²) in [6, 6.07) is 0. The second kappa shape index (κ2) is 7.96. The molecule has 0 aliphatic carbocycles. The maximum atomic E-state index is 5.24. The third-order valence-corrected chi connectivity index (χ3v) is 3.32. The first kappa shape index (κ1) is 14.8. The molecule has 0 unspecified atom stereocenters. The van der Waals surface area contributed by atoms with Crippen LogP contribution in [0.15, 0.2) is 19.0 Å². The lowest BCUT2D eigenvalue weighted by atomic mass is 10.1. The van der Waals surface area contributed by atoms with E-state index >= 15 is 0 Å². The summed E-state index contributed by atoms with van der Waals surface area (Å²) in [4.78, 5) is 0. The van der Waals surface area contributed by atoms with Crippen LogP contribution in [-0.2, 0) is 18.3 Å². The lowest BCUT2D eigenvalue weighted by Gasteiger charge is -2.04. The Kier molecular flexibility index (Phi) is 6.55. The van der Waals surface area contributed by atoms with Gasteiger partial charge in [0, 0.05) is 0 Å². The third kappa shape index (κ3) is 4.21. The van der Waals surface area contributed by atoms with E-state index in [0.29, 0.717) is 0 Å². The predicted molar refractivity (Wildman–Crippen MR) is 75.0 cm³/mol. The first-order valence-electron chi connectivity index (χ1n) is 6.98. The summed E-state index contributed by atoms with van der Waals surface area (Å²) >= 11 is 0. The topological polar surface area (TPSA) is 18.0 Å². The molecular formula is C15H27N2O+. The zero-order valence-electron chi connectivity index (χ0n) is 12.1. The van der Waals surface area contributed by atoms with Gasteiger partial charge in [0.2, 0.25) is 5.76 Å². The van der Waals surface area contributed by atoms with Crippen molar-refractivity contribution in [2.24, 2.45) is 7.05 Å². The minimum absolute atomic E-state index is 0.730. The van der Waals surface area contributed by atoms with Crippen LogP contribution < -0.4 is 4.57 Å². The van der Waals surface area contributed by atoms with Gasteiger partial charge in [-0.05, 0) is 19.4 Å². The molecule has 0 spiro atoms.